The molecule has 1 aromatic rings. The van der Waals surface area contributed by atoms with Gasteiger partial charge in [-0.1, -0.05) is 20.3 Å². The van der Waals surface area contributed by atoms with Gasteiger partial charge in [-0.15, -0.1) is 0 Å². The van der Waals surface area contributed by atoms with E-state index in [0.29, 0.717) is 0 Å². The van der Waals surface area contributed by atoms with Gasteiger partial charge in [-0.25, -0.2) is 0 Å². The van der Waals surface area contributed by atoms with Gasteiger partial charge in [-0.3, -0.25) is 4.68 Å². The molecule has 0 aliphatic heterocycles. The summed E-state index contributed by atoms with van der Waals surface area (Å²) in [6.45, 7) is 6.45. The lowest BCUT2D eigenvalue weighted by molar-refractivity contribution is 0.557. The van der Waals surface area contributed by atoms with Gasteiger partial charge in [0, 0.05) is 14.2 Å². The summed E-state index contributed by atoms with van der Waals surface area (Å²) in [5.41, 5.74) is 1.36. The first-order valence-electron chi connectivity index (χ1n) is 5.42. The third-order valence-electron chi connectivity index (χ3n) is 2.56. The van der Waals surface area contributed by atoms with Crippen molar-refractivity contribution < 1.29 is 1.43 Å². The molecule has 1 rings (SSSR count). The maximum absolute atomic E-state index is 4.32. The molecule has 0 saturated heterocycles. The lowest BCUT2D eigenvalue weighted by Crippen LogP contribution is -2.15. The van der Waals surface area contributed by atoms with Gasteiger partial charge in [0.15, 0.2) is 0 Å². The molecule has 3 heteroatoms. The molecule has 3 nitrogen and oxygen atoms in total. The van der Waals surface area contributed by atoms with E-state index in [2.05, 4.69) is 30.5 Å². The maximum Gasteiger partial charge on any atom is 0.0533 e. The van der Waals surface area contributed by atoms with Crippen LogP contribution >= 0.6 is 0 Å². The van der Waals surface area contributed by atoms with Crippen molar-refractivity contribution in [3.8, 4) is 0 Å². The van der Waals surface area contributed by atoms with Crippen molar-refractivity contribution in [1.82, 2.24) is 15.1 Å². The average Bonchev–Trinajstić information content (AvgIpc) is 2.62. The van der Waals surface area contributed by atoms with Gasteiger partial charge in [0.25, 0.3) is 0 Å². The highest BCUT2D eigenvalue weighted by Gasteiger charge is 2.03. The summed E-state index contributed by atoms with van der Waals surface area (Å²) < 4.78 is 2.01. The maximum atomic E-state index is 4.32. The van der Waals surface area contributed by atoms with Crippen molar-refractivity contribution in [2.45, 2.75) is 33.2 Å². The summed E-state index contributed by atoms with van der Waals surface area (Å²) in [6.07, 6.45) is 6.53. The lowest BCUT2D eigenvalue weighted by atomic mass is 10.0. The van der Waals surface area contributed by atoms with Crippen molar-refractivity contribution in [2.24, 2.45) is 5.92 Å². The Morgan fingerprint density at radius 2 is 2.43 bits per heavy atom. The minimum absolute atomic E-state index is 0. The lowest BCUT2D eigenvalue weighted by Gasteiger charge is -2.04. The van der Waals surface area contributed by atoms with Crippen molar-refractivity contribution in [3.05, 3.63) is 18.0 Å². The van der Waals surface area contributed by atoms with Gasteiger partial charge in [0.2, 0.25) is 0 Å². The Labute approximate surface area is 88.0 Å². The molecular weight excluding hydrogens is 174 g/mol. The van der Waals surface area contributed by atoms with E-state index in [1.54, 1.807) is 0 Å². The molecule has 0 aliphatic carbocycles. The predicted molar refractivity (Wildman–Crippen MR) is 61.4 cm³/mol. The average molecular weight is 197 g/mol. The van der Waals surface area contributed by atoms with E-state index in [1.807, 2.05) is 17.9 Å². The fourth-order valence-electron chi connectivity index (χ4n) is 1.41. The molecule has 82 valence electrons. The molecule has 1 aromatic heterocycles. The summed E-state index contributed by atoms with van der Waals surface area (Å²) in [5.74, 6) is 0.761. The number of nitrogens with one attached hydrogen (secondary N) is 1. The molecule has 0 aliphatic rings. The monoisotopic (exact) mass is 197 g/mol. The van der Waals surface area contributed by atoms with E-state index in [-0.39, 0.29) is 1.43 Å². The minimum Gasteiger partial charge on any atom is -0.318 e. The Morgan fingerprint density at radius 1 is 1.64 bits per heavy atom. The topological polar surface area (TPSA) is 29.9 Å². The van der Waals surface area contributed by atoms with Crippen LogP contribution in [0.2, 0.25) is 0 Å². The minimum atomic E-state index is 0. The largest absolute Gasteiger partial charge is 0.318 e. The van der Waals surface area contributed by atoms with Crippen LogP contribution in [-0.4, -0.2) is 23.4 Å². The normalized spacial score (nSPS) is 13.1. The molecular formula is C11H23N3. The molecule has 0 amide bonds. The Morgan fingerprint density at radius 3 is 3.07 bits per heavy atom. The van der Waals surface area contributed by atoms with E-state index >= 15 is 0 Å². The zero-order chi connectivity index (χ0) is 10.4. The molecule has 1 heterocycles. The second-order valence-corrected chi connectivity index (χ2v) is 3.93. The second-order valence-electron chi connectivity index (χ2n) is 3.93. The van der Waals surface area contributed by atoms with Gasteiger partial charge in [-0.2, -0.15) is 5.10 Å². The third kappa shape index (κ3) is 3.50. The number of nitrogens with zero attached hydrogens (tertiary/aromatic N) is 2. The molecule has 0 radical (unpaired) electrons. The summed E-state index contributed by atoms with van der Waals surface area (Å²) in [5, 5.41) is 7.43. The fourth-order valence-corrected chi connectivity index (χ4v) is 1.41. The first-order chi connectivity index (χ1) is 6.76. The molecule has 0 saturated carbocycles. The molecule has 1 unspecified atom stereocenters. The van der Waals surface area contributed by atoms with Crippen LogP contribution in [0.3, 0.4) is 0 Å². The number of hydrogen-bond donors (Lipinski definition) is 1. The van der Waals surface area contributed by atoms with Crippen LogP contribution in [-0.2, 0) is 13.0 Å². The zero-order valence-corrected chi connectivity index (χ0v) is 9.45. The van der Waals surface area contributed by atoms with Crippen LogP contribution in [0.4, 0.5) is 0 Å². The number of aromatic nitrogens is 2. The van der Waals surface area contributed by atoms with E-state index in [1.165, 1.54) is 12.0 Å². The quantitative estimate of drug-likeness (QED) is 0.755. The van der Waals surface area contributed by atoms with E-state index in [4.69, 9.17) is 0 Å². The fraction of sp³-hybridized carbons (Fsp3) is 0.727. The molecule has 14 heavy (non-hydrogen) atoms. The molecule has 1 atom stereocenters. The van der Waals surface area contributed by atoms with Crippen LogP contribution in [0.15, 0.2) is 12.4 Å². The van der Waals surface area contributed by atoms with Gasteiger partial charge in [0.05, 0.1) is 12.7 Å². The molecule has 1 N–H and O–H groups in total. The first-order valence-corrected chi connectivity index (χ1v) is 5.42. The summed E-state index contributed by atoms with van der Waals surface area (Å²) in [6, 6.07) is 0. The van der Waals surface area contributed by atoms with Crippen molar-refractivity contribution >= 4 is 0 Å². The third-order valence-corrected chi connectivity index (χ3v) is 2.56. The van der Waals surface area contributed by atoms with Crippen LogP contribution in [0.5, 0.6) is 0 Å². The number of likely N-dealkylation sites (N-methyl/N-ethyl adjacent to an activating group) is 1. The Balaban J connectivity index is 0.00000196. The Kier molecular flexibility index (Phi) is 4.66. The first kappa shape index (κ1) is 11.2. The standard InChI is InChI=1S/C11H21N3.H2/c1-4-10(2)7-11-8-13-14(9-11)6-5-12-3;/h8-10,12H,4-7H2,1-3H3;1H. The summed E-state index contributed by atoms with van der Waals surface area (Å²) >= 11 is 0. The van der Waals surface area contributed by atoms with Gasteiger partial charge in [0.1, 0.15) is 0 Å². The molecule has 0 spiro atoms. The van der Waals surface area contributed by atoms with Crippen LogP contribution < -0.4 is 5.32 Å². The van der Waals surface area contributed by atoms with E-state index in [9.17, 15) is 0 Å². The number of hydrogen-bond acceptors (Lipinski definition) is 2. The smallest absolute Gasteiger partial charge is 0.0533 e. The van der Waals surface area contributed by atoms with Crippen LogP contribution in [0.1, 0.15) is 27.3 Å². The second kappa shape index (κ2) is 5.81. The molecule has 0 bridgehead atoms. The predicted octanol–water partition coefficient (Wildman–Crippen LogP) is 1.94. The van der Waals surface area contributed by atoms with Crippen molar-refractivity contribution in [3.63, 3.8) is 0 Å². The van der Waals surface area contributed by atoms with Crippen LogP contribution in [0, 0.1) is 5.92 Å². The summed E-state index contributed by atoms with van der Waals surface area (Å²) in [4.78, 5) is 0. The SMILES string of the molecule is CCC(C)Cc1cnn(CCNC)c1.[HH]. The van der Waals surface area contributed by atoms with Crippen LogP contribution in [0.25, 0.3) is 0 Å². The highest BCUT2D eigenvalue weighted by atomic mass is 15.3. The van der Waals surface area contributed by atoms with E-state index in [0.717, 1.165) is 25.4 Å². The highest BCUT2D eigenvalue weighted by Crippen LogP contribution is 2.10. The summed E-state index contributed by atoms with van der Waals surface area (Å²) in [7, 11) is 1.96. The Bertz CT molecular complexity index is 260. The molecule has 0 aromatic carbocycles. The van der Waals surface area contributed by atoms with Gasteiger partial charge in [-0.05, 0) is 24.9 Å². The highest BCUT2D eigenvalue weighted by molar-refractivity contribution is 5.04. The number of rotatable bonds is 6. The van der Waals surface area contributed by atoms with Crippen molar-refractivity contribution in [2.75, 3.05) is 13.6 Å². The van der Waals surface area contributed by atoms with E-state index < -0.39 is 0 Å². The zero-order valence-electron chi connectivity index (χ0n) is 9.45. The van der Waals surface area contributed by atoms with Crippen molar-refractivity contribution in [1.29, 1.82) is 0 Å². The molecule has 0 fully saturated rings. The van der Waals surface area contributed by atoms with Gasteiger partial charge >= 0.3 is 0 Å². The van der Waals surface area contributed by atoms with Gasteiger partial charge < -0.3 is 5.32 Å². The Hall–Kier alpha value is -0.830.